The molecule has 5 heteroatoms. The number of carbonyl (C=O) groups excluding carboxylic acids is 1. The maximum atomic E-state index is 13.5. The Kier molecular flexibility index (Phi) is 3.85. The second-order valence-electron chi connectivity index (χ2n) is 5.20. The Morgan fingerprint density at radius 2 is 1.95 bits per heavy atom. The van der Waals surface area contributed by atoms with Crippen LogP contribution in [0.2, 0.25) is 0 Å². The first-order valence-corrected chi connectivity index (χ1v) is 6.37. The molecule has 0 unspecified atom stereocenters. The summed E-state index contributed by atoms with van der Waals surface area (Å²) in [6.07, 6.45) is 3.13. The molecule has 1 aromatic rings. The first-order chi connectivity index (χ1) is 8.91. The van der Waals surface area contributed by atoms with Crippen LogP contribution in [0.15, 0.2) is 12.1 Å². The molecule has 0 radical (unpaired) electrons. The Morgan fingerprint density at radius 3 is 2.58 bits per heavy atom. The molecule has 2 N–H and O–H groups in total. The quantitative estimate of drug-likeness (QED) is 0.884. The number of hydrogen-bond donors (Lipinski definition) is 2. The summed E-state index contributed by atoms with van der Waals surface area (Å²) in [5.41, 5.74) is -0.868. The monoisotopic (exact) mass is 269 g/mol. The lowest BCUT2D eigenvalue weighted by atomic mass is 10.0. The zero-order chi connectivity index (χ0) is 14.0. The number of halogens is 2. The molecule has 0 atom stereocenters. The average Bonchev–Trinajstić information content (AvgIpc) is 2.78. The molecular weight excluding hydrogens is 252 g/mol. The second-order valence-corrected chi connectivity index (χ2v) is 5.20. The van der Waals surface area contributed by atoms with Crippen molar-refractivity contribution in [2.75, 3.05) is 6.54 Å². The van der Waals surface area contributed by atoms with Gasteiger partial charge in [0.25, 0.3) is 5.91 Å². The van der Waals surface area contributed by atoms with E-state index < -0.39 is 23.1 Å². The van der Waals surface area contributed by atoms with E-state index in [9.17, 15) is 18.7 Å². The van der Waals surface area contributed by atoms with Crippen LogP contribution in [0.3, 0.4) is 0 Å². The summed E-state index contributed by atoms with van der Waals surface area (Å²) < 4.78 is 26.6. The van der Waals surface area contributed by atoms with E-state index in [0.29, 0.717) is 18.9 Å². The number of hydrogen-bond acceptors (Lipinski definition) is 2. The maximum absolute atomic E-state index is 13.5. The summed E-state index contributed by atoms with van der Waals surface area (Å²) >= 11 is 0. The second kappa shape index (κ2) is 5.25. The van der Waals surface area contributed by atoms with Gasteiger partial charge in [0.05, 0.1) is 11.2 Å². The van der Waals surface area contributed by atoms with Gasteiger partial charge < -0.3 is 10.4 Å². The number of rotatable bonds is 3. The van der Waals surface area contributed by atoms with Crippen molar-refractivity contribution in [3.63, 3.8) is 0 Å². The van der Waals surface area contributed by atoms with E-state index in [2.05, 4.69) is 5.32 Å². The lowest BCUT2D eigenvalue weighted by Gasteiger charge is -2.22. The highest BCUT2D eigenvalue weighted by Crippen LogP contribution is 2.28. The van der Waals surface area contributed by atoms with Crippen LogP contribution in [0.4, 0.5) is 8.78 Å². The Labute approximate surface area is 110 Å². The molecule has 2 rings (SSSR count). The molecule has 1 aliphatic carbocycles. The van der Waals surface area contributed by atoms with Gasteiger partial charge in [0, 0.05) is 12.6 Å². The first kappa shape index (κ1) is 13.9. The predicted octanol–water partition coefficient (Wildman–Crippen LogP) is 2.31. The lowest BCUT2D eigenvalue weighted by Crippen LogP contribution is -2.41. The Morgan fingerprint density at radius 1 is 1.32 bits per heavy atom. The molecule has 1 aliphatic rings. The summed E-state index contributed by atoms with van der Waals surface area (Å²) in [5, 5.41) is 12.6. The average molecular weight is 269 g/mol. The van der Waals surface area contributed by atoms with Gasteiger partial charge in [0.2, 0.25) is 0 Å². The third kappa shape index (κ3) is 3.10. The molecule has 0 saturated heterocycles. The van der Waals surface area contributed by atoms with Crippen molar-refractivity contribution >= 4 is 5.91 Å². The van der Waals surface area contributed by atoms with E-state index in [1.54, 1.807) is 0 Å². The predicted molar refractivity (Wildman–Crippen MR) is 66.8 cm³/mol. The number of amides is 1. The molecule has 1 saturated carbocycles. The molecule has 3 nitrogen and oxygen atoms in total. The van der Waals surface area contributed by atoms with Crippen LogP contribution in [-0.4, -0.2) is 23.2 Å². The number of aliphatic hydroxyl groups is 1. The highest BCUT2D eigenvalue weighted by Gasteiger charge is 2.31. The van der Waals surface area contributed by atoms with Crippen molar-refractivity contribution in [2.45, 2.75) is 38.2 Å². The van der Waals surface area contributed by atoms with Crippen molar-refractivity contribution < 1.29 is 18.7 Å². The number of nitrogens with one attached hydrogen (secondary N) is 1. The molecular formula is C14H17F2NO2. The van der Waals surface area contributed by atoms with Gasteiger partial charge in [0.15, 0.2) is 0 Å². The van der Waals surface area contributed by atoms with Crippen LogP contribution in [0, 0.1) is 18.6 Å². The van der Waals surface area contributed by atoms with Crippen LogP contribution in [0.5, 0.6) is 0 Å². The van der Waals surface area contributed by atoms with E-state index >= 15 is 0 Å². The first-order valence-electron chi connectivity index (χ1n) is 6.37. The van der Waals surface area contributed by atoms with E-state index in [4.69, 9.17) is 0 Å². The Bertz CT molecular complexity index is 496. The van der Waals surface area contributed by atoms with Gasteiger partial charge in [-0.05, 0) is 31.4 Å². The molecule has 1 aromatic carbocycles. The molecule has 1 fully saturated rings. The molecule has 0 bridgehead atoms. The minimum atomic E-state index is -0.890. The molecule has 1 amide bonds. The fourth-order valence-corrected chi connectivity index (χ4v) is 2.38. The van der Waals surface area contributed by atoms with Crippen molar-refractivity contribution in [3.8, 4) is 0 Å². The van der Waals surface area contributed by atoms with Crippen LogP contribution < -0.4 is 5.32 Å². The standard InChI is InChI=1S/C14H17F2NO2/c1-9-6-10(12(16)7-11(9)15)13(18)17-8-14(19)4-2-3-5-14/h6-7,19H,2-5,8H2,1H3,(H,17,18). The zero-order valence-corrected chi connectivity index (χ0v) is 10.8. The van der Waals surface area contributed by atoms with Crippen LogP contribution >= 0.6 is 0 Å². The van der Waals surface area contributed by atoms with E-state index in [-0.39, 0.29) is 17.7 Å². The van der Waals surface area contributed by atoms with Gasteiger partial charge in [-0.2, -0.15) is 0 Å². The van der Waals surface area contributed by atoms with Crippen LogP contribution in [0.1, 0.15) is 41.6 Å². The van der Waals surface area contributed by atoms with Crippen molar-refractivity contribution in [1.29, 1.82) is 0 Å². The largest absolute Gasteiger partial charge is 0.388 e. The minimum absolute atomic E-state index is 0.0989. The minimum Gasteiger partial charge on any atom is -0.388 e. The summed E-state index contributed by atoms with van der Waals surface area (Å²) in [4.78, 5) is 11.8. The highest BCUT2D eigenvalue weighted by atomic mass is 19.1. The van der Waals surface area contributed by atoms with Crippen molar-refractivity contribution in [2.24, 2.45) is 0 Å². The van der Waals surface area contributed by atoms with Gasteiger partial charge in [-0.25, -0.2) is 8.78 Å². The van der Waals surface area contributed by atoms with E-state index in [0.717, 1.165) is 12.8 Å². The molecule has 19 heavy (non-hydrogen) atoms. The summed E-state index contributed by atoms with van der Waals surface area (Å²) in [5.74, 6) is -2.19. The van der Waals surface area contributed by atoms with Crippen LogP contribution in [0.25, 0.3) is 0 Å². The van der Waals surface area contributed by atoms with Gasteiger partial charge in [-0.1, -0.05) is 12.8 Å². The Balaban J connectivity index is 2.06. The van der Waals surface area contributed by atoms with Gasteiger partial charge >= 0.3 is 0 Å². The van der Waals surface area contributed by atoms with Crippen molar-refractivity contribution in [3.05, 3.63) is 34.9 Å². The molecule has 0 heterocycles. The number of aryl methyl sites for hydroxylation is 1. The Hall–Kier alpha value is -1.49. The third-order valence-electron chi connectivity index (χ3n) is 3.61. The van der Waals surface area contributed by atoms with Gasteiger partial charge in [-0.3, -0.25) is 4.79 Å². The summed E-state index contributed by atoms with van der Waals surface area (Å²) in [6, 6.07) is 1.88. The number of carbonyl (C=O) groups is 1. The fourth-order valence-electron chi connectivity index (χ4n) is 2.38. The fraction of sp³-hybridized carbons (Fsp3) is 0.500. The molecule has 0 aliphatic heterocycles. The van der Waals surface area contributed by atoms with Crippen molar-refractivity contribution in [1.82, 2.24) is 5.32 Å². The zero-order valence-electron chi connectivity index (χ0n) is 10.8. The normalized spacial score (nSPS) is 17.5. The SMILES string of the molecule is Cc1cc(C(=O)NCC2(O)CCCC2)c(F)cc1F. The lowest BCUT2D eigenvalue weighted by molar-refractivity contribution is 0.0448. The van der Waals surface area contributed by atoms with Gasteiger partial charge in [-0.15, -0.1) is 0 Å². The topological polar surface area (TPSA) is 49.3 Å². The van der Waals surface area contributed by atoms with E-state index in [1.807, 2.05) is 0 Å². The third-order valence-corrected chi connectivity index (χ3v) is 3.61. The summed E-state index contributed by atoms with van der Waals surface area (Å²) in [6.45, 7) is 1.57. The summed E-state index contributed by atoms with van der Waals surface area (Å²) in [7, 11) is 0. The smallest absolute Gasteiger partial charge is 0.254 e. The molecule has 0 aromatic heterocycles. The maximum Gasteiger partial charge on any atom is 0.254 e. The number of benzene rings is 1. The van der Waals surface area contributed by atoms with E-state index in [1.165, 1.54) is 13.0 Å². The molecule has 0 spiro atoms. The van der Waals surface area contributed by atoms with Crippen LogP contribution in [-0.2, 0) is 0 Å². The molecule has 104 valence electrons. The van der Waals surface area contributed by atoms with Gasteiger partial charge in [0.1, 0.15) is 11.6 Å². The highest BCUT2D eigenvalue weighted by molar-refractivity contribution is 5.94.